The van der Waals surface area contributed by atoms with Crippen molar-refractivity contribution in [3.63, 3.8) is 0 Å². The summed E-state index contributed by atoms with van der Waals surface area (Å²) >= 11 is 0. The van der Waals surface area contributed by atoms with Crippen molar-refractivity contribution in [1.82, 2.24) is 15.0 Å². The van der Waals surface area contributed by atoms with Crippen LogP contribution in [0.1, 0.15) is 73.1 Å². The molecule has 0 atom stereocenters. The molecular weight excluding hydrogens is 358 g/mol. The molecule has 2 heterocycles. The lowest BCUT2D eigenvalue weighted by atomic mass is 9.87. The highest BCUT2D eigenvalue weighted by Crippen LogP contribution is 2.40. The van der Waals surface area contributed by atoms with Crippen molar-refractivity contribution in [2.45, 2.75) is 64.3 Å². The molecule has 0 bridgehead atoms. The first-order chi connectivity index (χ1) is 13.4. The van der Waals surface area contributed by atoms with Gasteiger partial charge in [0.1, 0.15) is 0 Å². The maximum atomic E-state index is 12.8. The smallest absolute Gasteiger partial charge is 0.339 e. The van der Waals surface area contributed by atoms with Crippen molar-refractivity contribution < 1.29 is 18.8 Å². The van der Waals surface area contributed by atoms with Crippen LogP contribution in [0.2, 0.25) is 0 Å². The number of aryl methyl sites for hydroxylation is 1. The Bertz CT molecular complexity index is 894. The number of esters is 1. The molecule has 7 heteroatoms. The zero-order valence-corrected chi connectivity index (χ0v) is 16.7. The second-order valence-electron chi connectivity index (χ2n) is 8.31. The molecule has 0 aliphatic heterocycles. The fraction of sp³-hybridized carbons (Fsp3) is 0.619. The molecule has 0 N–H and O–H groups in total. The number of nitrogens with zero attached hydrogens (tertiary/aromatic N) is 3. The number of fused-ring (bicyclic) bond motifs is 1. The van der Waals surface area contributed by atoms with Gasteiger partial charge in [0.25, 0.3) is 11.6 Å². The minimum atomic E-state index is -0.528. The van der Waals surface area contributed by atoms with E-state index in [0.29, 0.717) is 28.3 Å². The van der Waals surface area contributed by atoms with Crippen LogP contribution in [0.15, 0.2) is 10.6 Å². The van der Waals surface area contributed by atoms with Gasteiger partial charge in [-0.15, -0.1) is 0 Å². The van der Waals surface area contributed by atoms with Crippen LogP contribution in [-0.2, 0) is 9.53 Å². The van der Waals surface area contributed by atoms with Gasteiger partial charge in [0.15, 0.2) is 6.61 Å². The third-order valence-electron chi connectivity index (χ3n) is 6.11. The molecule has 2 aromatic rings. The molecule has 2 saturated carbocycles. The highest BCUT2D eigenvalue weighted by molar-refractivity contribution is 6.03. The van der Waals surface area contributed by atoms with E-state index in [1.807, 2.05) is 0 Å². The van der Waals surface area contributed by atoms with Crippen LogP contribution in [0.25, 0.3) is 11.1 Å². The molecule has 0 aromatic carbocycles. The van der Waals surface area contributed by atoms with Crippen molar-refractivity contribution in [1.29, 1.82) is 0 Å². The van der Waals surface area contributed by atoms with Crippen molar-refractivity contribution in [2.24, 2.45) is 5.92 Å². The summed E-state index contributed by atoms with van der Waals surface area (Å²) in [6.07, 6.45) is 6.40. The molecule has 2 aliphatic rings. The largest absolute Gasteiger partial charge is 0.452 e. The maximum Gasteiger partial charge on any atom is 0.339 e. The van der Waals surface area contributed by atoms with Crippen LogP contribution >= 0.6 is 0 Å². The maximum absolute atomic E-state index is 12.8. The summed E-state index contributed by atoms with van der Waals surface area (Å²) in [6, 6.07) is 2.00. The quantitative estimate of drug-likeness (QED) is 0.731. The Morgan fingerprint density at radius 1 is 1.21 bits per heavy atom. The Hall–Kier alpha value is -2.44. The van der Waals surface area contributed by atoms with Gasteiger partial charge in [0, 0.05) is 24.7 Å². The number of hydrogen-bond acceptors (Lipinski definition) is 6. The van der Waals surface area contributed by atoms with Crippen LogP contribution in [0.3, 0.4) is 0 Å². The molecule has 0 saturated heterocycles. The fourth-order valence-electron chi connectivity index (χ4n) is 4.00. The van der Waals surface area contributed by atoms with Gasteiger partial charge in [0.2, 0.25) is 0 Å². The lowest BCUT2D eigenvalue weighted by Gasteiger charge is -2.33. The highest BCUT2D eigenvalue weighted by atomic mass is 16.5. The first kappa shape index (κ1) is 18.9. The summed E-state index contributed by atoms with van der Waals surface area (Å²) in [5, 5.41) is 4.50. The first-order valence-electron chi connectivity index (χ1n) is 10.1. The van der Waals surface area contributed by atoms with Crippen molar-refractivity contribution in [3.8, 4) is 0 Å². The van der Waals surface area contributed by atoms with Crippen LogP contribution < -0.4 is 0 Å². The third-order valence-corrected chi connectivity index (χ3v) is 6.11. The van der Waals surface area contributed by atoms with E-state index in [1.165, 1.54) is 0 Å². The average Bonchev–Trinajstić information content (AvgIpc) is 3.48. The van der Waals surface area contributed by atoms with Gasteiger partial charge in [-0.3, -0.25) is 4.79 Å². The lowest BCUT2D eigenvalue weighted by Crippen LogP contribution is -2.41. The predicted molar refractivity (Wildman–Crippen MR) is 103 cm³/mol. The summed E-state index contributed by atoms with van der Waals surface area (Å²) in [7, 11) is 1.80. The number of aromatic nitrogens is 2. The Morgan fingerprint density at radius 3 is 2.61 bits per heavy atom. The standard InChI is InChI=1S/C21H27N3O4/c1-12-4-8-15(9-5-12)24(3)18(25)11-27-21(26)16-10-17(14-6-7-14)22-20-19(16)13(2)23-28-20/h10,12,14-15H,4-9,11H2,1-3H3. The Balaban J connectivity index is 1.45. The number of amides is 1. The molecule has 2 aliphatic carbocycles. The first-order valence-corrected chi connectivity index (χ1v) is 10.1. The van der Waals surface area contributed by atoms with Crippen molar-refractivity contribution >= 4 is 23.0 Å². The van der Waals surface area contributed by atoms with Gasteiger partial charge in [-0.2, -0.15) is 0 Å². The monoisotopic (exact) mass is 385 g/mol. The van der Waals surface area contributed by atoms with Crippen LogP contribution in [-0.4, -0.2) is 46.6 Å². The van der Waals surface area contributed by atoms with E-state index < -0.39 is 5.97 Å². The van der Waals surface area contributed by atoms with Gasteiger partial charge in [-0.1, -0.05) is 12.1 Å². The summed E-state index contributed by atoms with van der Waals surface area (Å²) < 4.78 is 10.6. The molecular formula is C21H27N3O4. The molecule has 2 fully saturated rings. The number of carbonyl (C=O) groups excluding carboxylic acids is 2. The SMILES string of the molecule is Cc1noc2nc(C3CC3)cc(C(=O)OCC(=O)N(C)C3CCC(C)CC3)c12. The van der Waals surface area contributed by atoms with E-state index in [-0.39, 0.29) is 18.6 Å². The minimum Gasteiger partial charge on any atom is -0.452 e. The van der Waals surface area contributed by atoms with E-state index in [9.17, 15) is 9.59 Å². The molecule has 150 valence electrons. The van der Waals surface area contributed by atoms with E-state index >= 15 is 0 Å². The number of rotatable bonds is 5. The van der Waals surface area contributed by atoms with E-state index in [0.717, 1.165) is 50.1 Å². The van der Waals surface area contributed by atoms with E-state index in [4.69, 9.17) is 9.26 Å². The van der Waals surface area contributed by atoms with Crippen molar-refractivity contribution in [2.75, 3.05) is 13.7 Å². The molecule has 28 heavy (non-hydrogen) atoms. The fourth-order valence-corrected chi connectivity index (χ4v) is 4.00. The molecule has 1 amide bonds. The summed E-state index contributed by atoms with van der Waals surface area (Å²) in [5.41, 5.74) is 2.16. The summed E-state index contributed by atoms with van der Waals surface area (Å²) in [6.45, 7) is 3.76. The summed E-state index contributed by atoms with van der Waals surface area (Å²) in [5.74, 6) is 0.393. The van der Waals surface area contributed by atoms with Crippen LogP contribution in [0.4, 0.5) is 0 Å². The Kier molecular flexibility index (Phi) is 5.08. The third kappa shape index (κ3) is 3.75. The second kappa shape index (κ2) is 7.53. The van der Waals surface area contributed by atoms with Crippen LogP contribution in [0, 0.1) is 12.8 Å². The van der Waals surface area contributed by atoms with Gasteiger partial charge in [0.05, 0.1) is 16.6 Å². The molecule has 4 rings (SSSR count). The van der Waals surface area contributed by atoms with Gasteiger partial charge < -0.3 is 14.2 Å². The minimum absolute atomic E-state index is 0.164. The molecule has 0 spiro atoms. The summed E-state index contributed by atoms with van der Waals surface area (Å²) in [4.78, 5) is 31.5. The second-order valence-corrected chi connectivity index (χ2v) is 8.31. The van der Waals surface area contributed by atoms with Gasteiger partial charge in [-0.25, -0.2) is 9.78 Å². The van der Waals surface area contributed by atoms with Crippen molar-refractivity contribution in [3.05, 3.63) is 23.0 Å². The number of hydrogen-bond donors (Lipinski definition) is 0. The van der Waals surface area contributed by atoms with Gasteiger partial charge in [-0.05, 0) is 57.4 Å². The molecule has 7 nitrogen and oxygen atoms in total. The Labute approximate surface area is 164 Å². The highest BCUT2D eigenvalue weighted by Gasteiger charge is 2.30. The Morgan fingerprint density at radius 2 is 1.93 bits per heavy atom. The normalized spacial score (nSPS) is 22.2. The number of pyridine rings is 1. The molecule has 0 radical (unpaired) electrons. The topological polar surface area (TPSA) is 85.5 Å². The number of carbonyl (C=O) groups is 2. The van der Waals surface area contributed by atoms with E-state index in [1.54, 1.807) is 24.9 Å². The predicted octanol–water partition coefficient (Wildman–Crippen LogP) is 3.60. The number of ether oxygens (including phenoxy) is 1. The molecule has 0 unspecified atom stereocenters. The van der Waals surface area contributed by atoms with E-state index in [2.05, 4.69) is 17.1 Å². The average molecular weight is 385 g/mol. The zero-order valence-electron chi connectivity index (χ0n) is 16.7. The number of likely N-dealkylation sites (N-methyl/N-ethyl adjacent to an activating group) is 1. The lowest BCUT2D eigenvalue weighted by molar-refractivity contribution is -0.136. The molecule has 2 aromatic heterocycles. The van der Waals surface area contributed by atoms with Gasteiger partial charge >= 0.3 is 5.97 Å². The zero-order chi connectivity index (χ0) is 19.8. The van der Waals surface area contributed by atoms with Crippen LogP contribution in [0.5, 0.6) is 0 Å².